The first kappa shape index (κ1) is 21.2. The molecule has 1 fully saturated rings. The molecule has 6 N–H and O–H groups in total. The van der Waals surface area contributed by atoms with Crippen molar-refractivity contribution in [3.05, 3.63) is 33.1 Å². The molecule has 1 saturated heterocycles. The summed E-state index contributed by atoms with van der Waals surface area (Å²) in [6.07, 6.45) is -6.50. The van der Waals surface area contributed by atoms with Crippen LogP contribution in [0, 0.1) is 0 Å². The standard InChI is InChI=1S/C11H18N2O11P2/c14-7-1-2-13(11(17)12-7)10-9(16)8(15)6(24-10)5-23-26(21,22)4-3-25(18,19)20/h1-2,6,8-10,15-16H,3-5H2,(H,21,22)(H,12,14,17)(H2,18,19,20)/t6-,8-,9-,10-/m1/s1. The number of nitrogens with one attached hydrogen (secondary N) is 1. The maximum absolute atomic E-state index is 11.7. The van der Waals surface area contributed by atoms with E-state index < -0.39 is 69.9 Å². The van der Waals surface area contributed by atoms with Crippen molar-refractivity contribution < 1.29 is 43.3 Å². The normalized spacial score (nSPS) is 28.8. The molecule has 26 heavy (non-hydrogen) atoms. The molecule has 13 nitrogen and oxygen atoms in total. The van der Waals surface area contributed by atoms with E-state index >= 15 is 0 Å². The number of aliphatic hydroxyl groups is 2. The molecule has 0 saturated carbocycles. The summed E-state index contributed by atoms with van der Waals surface area (Å²) < 4.78 is 33.3. The van der Waals surface area contributed by atoms with E-state index in [1.165, 1.54) is 0 Å². The van der Waals surface area contributed by atoms with Gasteiger partial charge in [-0.25, -0.2) is 4.79 Å². The molecule has 1 aromatic rings. The summed E-state index contributed by atoms with van der Waals surface area (Å²) in [7, 11) is -8.87. The van der Waals surface area contributed by atoms with Crippen molar-refractivity contribution in [1.29, 1.82) is 0 Å². The van der Waals surface area contributed by atoms with Gasteiger partial charge in [0.2, 0.25) is 0 Å². The maximum Gasteiger partial charge on any atom is 0.330 e. The fourth-order valence-corrected chi connectivity index (χ4v) is 4.80. The minimum Gasteiger partial charge on any atom is -0.387 e. The highest BCUT2D eigenvalue weighted by Crippen LogP contribution is 2.47. The topological polar surface area (TPSA) is 209 Å². The molecule has 1 aromatic heterocycles. The van der Waals surface area contributed by atoms with Gasteiger partial charge in [-0.15, -0.1) is 0 Å². The molecular formula is C11H18N2O11P2. The number of rotatable bonds is 7. The lowest BCUT2D eigenvalue weighted by molar-refractivity contribution is -0.0525. The molecule has 2 rings (SSSR count). The smallest absolute Gasteiger partial charge is 0.330 e. The van der Waals surface area contributed by atoms with E-state index in [9.17, 15) is 33.8 Å². The number of nitrogens with zero attached hydrogens (tertiary/aromatic N) is 1. The molecule has 0 aliphatic carbocycles. The summed E-state index contributed by atoms with van der Waals surface area (Å²) in [5.41, 5.74) is -1.57. The minimum atomic E-state index is -4.49. The number of hydrogen-bond donors (Lipinski definition) is 6. The quantitative estimate of drug-likeness (QED) is 0.257. The molecular weight excluding hydrogens is 398 g/mol. The first-order valence-corrected chi connectivity index (χ1v) is 10.8. The van der Waals surface area contributed by atoms with Crippen molar-refractivity contribution >= 4 is 15.2 Å². The molecule has 1 aliphatic rings. The zero-order valence-corrected chi connectivity index (χ0v) is 14.9. The van der Waals surface area contributed by atoms with Crippen LogP contribution < -0.4 is 11.2 Å². The van der Waals surface area contributed by atoms with Crippen LogP contribution >= 0.6 is 15.2 Å². The number of hydrogen-bond acceptors (Lipinski definition) is 8. The van der Waals surface area contributed by atoms with Crippen molar-refractivity contribution in [2.24, 2.45) is 0 Å². The van der Waals surface area contributed by atoms with Crippen LogP contribution in [0.15, 0.2) is 21.9 Å². The van der Waals surface area contributed by atoms with Gasteiger partial charge in [-0.05, 0) is 0 Å². The van der Waals surface area contributed by atoms with Crippen LogP contribution in [-0.2, 0) is 18.4 Å². The zero-order chi connectivity index (χ0) is 19.7. The Bertz CT molecular complexity index is 845. The molecule has 0 bridgehead atoms. The van der Waals surface area contributed by atoms with Crippen molar-refractivity contribution in [1.82, 2.24) is 9.55 Å². The molecule has 0 radical (unpaired) electrons. The zero-order valence-electron chi connectivity index (χ0n) is 13.1. The summed E-state index contributed by atoms with van der Waals surface area (Å²) in [5, 5.41) is 20.0. The summed E-state index contributed by atoms with van der Waals surface area (Å²) in [6, 6.07) is 0.998. The highest BCUT2D eigenvalue weighted by atomic mass is 31.2. The van der Waals surface area contributed by atoms with E-state index in [0.717, 1.165) is 16.8 Å². The minimum absolute atomic E-state index is 0.676. The number of ether oxygens (including phenoxy) is 1. The van der Waals surface area contributed by atoms with Gasteiger partial charge in [0.15, 0.2) is 6.23 Å². The van der Waals surface area contributed by atoms with E-state index in [-0.39, 0.29) is 0 Å². The summed E-state index contributed by atoms with van der Waals surface area (Å²) in [5.74, 6) is 0. The molecule has 0 spiro atoms. The molecule has 2 heterocycles. The van der Waals surface area contributed by atoms with Gasteiger partial charge in [0.25, 0.3) is 5.56 Å². The number of H-pyrrole nitrogens is 1. The van der Waals surface area contributed by atoms with Crippen molar-refractivity contribution in [2.75, 3.05) is 18.9 Å². The van der Waals surface area contributed by atoms with E-state index in [4.69, 9.17) is 14.5 Å². The maximum atomic E-state index is 11.7. The van der Waals surface area contributed by atoms with E-state index in [1.54, 1.807) is 0 Å². The van der Waals surface area contributed by atoms with Gasteiger partial charge in [0.1, 0.15) is 18.3 Å². The summed E-state index contributed by atoms with van der Waals surface area (Å²) in [6.45, 7) is -0.679. The Hall–Kier alpha value is -1.14. The molecule has 15 heteroatoms. The van der Waals surface area contributed by atoms with Crippen molar-refractivity contribution in [3.63, 3.8) is 0 Å². The lowest BCUT2D eigenvalue weighted by Crippen LogP contribution is -2.37. The second-order valence-corrected chi connectivity index (χ2v) is 9.37. The Kier molecular flexibility index (Phi) is 6.39. The molecule has 1 unspecified atom stereocenters. The number of aliphatic hydroxyl groups excluding tert-OH is 2. The predicted octanol–water partition coefficient (Wildman–Crippen LogP) is -2.46. The molecule has 1 aliphatic heterocycles. The fraction of sp³-hybridized carbons (Fsp3) is 0.636. The van der Waals surface area contributed by atoms with Gasteiger partial charge >= 0.3 is 20.9 Å². The second kappa shape index (κ2) is 7.85. The highest BCUT2D eigenvalue weighted by molar-refractivity contribution is 7.56. The Morgan fingerprint density at radius 3 is 2.38 bits per heavy atom. The Balaban J connectivity index is 2.03. The monoisotopic (exact) mass is 416 g/mol. The SMILES string of the molecule is O=c1ccn([C@@H]2O[C@H](COP(=O)(O)CCP(=O)(O)O)[C@@H](O)[C@H]2O)c(=O)[nH]1. The first-order valence-electron chi connectivity index (χ1n) is 7.24. The van der Waals surface area contributed by atoms with Gasteiger partial charge in [-0.1, -0.05) is 0 Å². The second-order valence-electron chi connectivity index (χ2n) is 5.61. The first-order chi connectivity index (χ1) is 11.9. The van der Waals surface area contributed by atoms with Crippen molar-refractivity contribution in [2.45, 2.75) is 24.5 Å². The Morgan fingerprint density at radius 2 is 1.81 bits per heavy atom. The molecule has 148 valence electrons. The van der Waals surface area contributed by atoms with Crippen LogP contribution in [0.3, 0.4) is 0 Å². The van der Waals surface area contributed by atoms with E-state index in [2.05, 4.69) is 4.52 Å². The lowest BCUT2D eigenvalue weighted by atomic mass is 10.1. The molecule has 0 amide bonds. The van der Waals surface area contributed by atoms with Crippen LogP contribution in [0.5, 0.6) is 0 Å². The van der Waals surface area contributed by atoms with Crippen molar-refractivity contribution in [3.8, 4) is 0 Å². The van der Waals surface area contributed by atoms with Crippen LogP contribution in [0.25, 0.3) is 0 Å². The number of aromatic amines is 1. The lowest BCUT2D eigenvalue weighted by Gasteiger charge is -2.18. The van der Waals surface area contributed by atoms with Gasteiger partial charge in [0, 0.05) is 12.3 Å². The van der Waals surface area contributed by atoms with Crippen LogP contribution in [-0.4, -0.2) is 71.7 Å². The van der Waals surface area contributed by atoms with Gasteiger partial charge in [-0.2, -0.15) is 0 Å². The number of aromatic nitrogens is 2. The third-order valence-corrected chi connectivity index (χ3v) is 6.08. The molecule has 0 aromatic carbocycles. The summed E-state index contributed by atoms with van der Waals surface area (Å²) in [4.78, 5) is 51.7. The van der Waals surface area contributed by atoms with Crippen LogP contribution in [0.1, 0.15) is 6.23 Å². The summed E-state index contributed by atoms with van der Waals surface area (Å²) >= 11 is 0. The third-order valence-electron chi connectivity index (χ3n) is 3.58. The van der Waals surface area contributed by atoms with E-state index in [0.29, 0.717) is 0 Å². The van der Waals surface area contributed by atoms with Gasteiger partial charge in [-0.3, -0.25) is 23.5 Å². The predicted molar refractivity (Wildman–Crippen MR) is 84.8 cm³/mol. The average Bonchev–Trinajstić information content (AvgIpc) is 2.79. The molecule has 5 atom stereocenters. The Labute approximate surface area is 145 Å². The van der Waals surface area contributed by atoms with E-state index in [1.807, 2.05) is 4.98 Å². The van der Waals surface area contributed by atoms with Crippen LogP contribution in [0.4, 0.5) is 0 Å². The van der Waals surface area contributed by atoms with Gasteiger partial charge < -0.3 is 34.2 Å². The Morgan fingerprint density at radius 1 is 1.15 bits per heavy atom. The average molecular weight is 416 g/mol. The highest BCUT2D eigenvalue weighted by Gasteiger charge is 2.45. The van der Waals surface area contributed by atoms with Crippen LogP contribution in [0.2, 0.25) is 0 Å². The fourth-order valence-electron chi connectivity index (χ4n) is 2.24. The largest absolute Gasteiger partial charge is 0.387 e. The third kappa shape index (κ3) is 5.43. The van der Waals surface area contributed by atoms with Gasteiger partial charge in [0.05, 0.1) is 18.9 Å².